The van der Waals surface area contributed by atoms with Crippen molar-refractivity contribution in [3.8, 4) is 62.1 Å². The maximum atomic E-state index is 5.23. The molecular weight excluding hydrogens is 789 g/mol. The van der Waals surface area contributed by atoms with E-state index in [9.17, 15) is 0 Å². The molecule has 0 saturated carbocycles. The molecule has 2 heterocycles. The second-order valence-corrected chi connectivity index (χ2v) is 19.1. The van der Waals surface area contributed by atoms with E-state index >= 15 is 0 Å². The topological polar surface area (TPSA) is 43.6 Å². The lowest BCUT2D eigenvalue weighted by atomic mass is 9.63. The Bertz CT molecular complexity index is 3650. The van der Waals surface area contributed by atoms with E-state index in [-0.39, 0.29) is 10.8 Å². The molecule has 0 aliphatic heterocycles. The molecule has 12 rings (SSSR count). The number of aromatic nitrogens is 4. The van der Waals surface area contributed by atoms with Crippen LogP contribution >= 0.6 is 0 Å². The van der Waals surface area contributed by atoms with Gasteiger partial charge < -0.3 is 4.57 Å². The molecule has 0 fully saturated rings. The highest BCUT2D eigenvalue weighted by Crippen LogP contribution is 2.49. The lowest BCUT2D eigenvalue weighted by Gasteiger charge is -2.42. The Morgan fingerprint density at radius 3 is 1.63 bits per heavy atom. The number of benzene rings is 9. The number of hydrogen-bond acceptors (Lipinski definition) is 3. The second kappa shape index (κ2) is 15.0. The van der Waals surface area contributed by atoms with E-state index in [1.165, 1.54) is 73.2 Å². The van der Waals surface area contributed by atoms with Crippen molar-refractivity contribution in [2.45, 2.75) is 51.4 Å². The van der Waals surface area contributed by atoms with Crippen molar-refractivity contribution >= 4 is 43.4 Å². The molecule has 11 aromatic rings. The first-order valence-corrected chi connectivity index (χ1v) is 22.8. The van der Waals surface area contributed by atoms with E-state index in [2.05, 4.69) is 208 Å². The average molecular weight is 837 g/mol. The summed E-state index contributed by atoms with van der Waals surface area (Å²) in [6, 6.07) is 69.9. The summed E-state index contributed by atoms with van der Waals surface area (Å²) in [5.41, 5.74) is 14.4. The number of fused-ring (bicyclic) bond motifs is 6. The van der Waals surface area contributed by atoms with Gasteiger partial charge in [-0.05, 0) is 121 Å². The maximum absolute atomic E-state index is 5.23. The van der Waals surface area contributed by atoms with Crippen molar-refractivity contribution in [1.82, 2.24) is 19.5 Å². The minimum atomic E-state index is 0.113. The molecule has 0 saturated heterocycles. The van der Waals surface area contributed by atoms with Crippen molar-refractivity contribution in [2.75, 3.05) is 0 Å². The molecule has 0 radical (unpaired) electrons. The molecule has 0 atom stereocenters. The van der Waals surface area contributed by atoms with Gasteiger partial charge in [0, 0.05) is 33.2 Å². The predicted molar refractivity (Wildman–Crippen MR) is 272 cm³/mol. The van der Waals surface area contributed by atoms with Gasteiger partial charge in [-0.3, -0.25) is 0 Å². The fraction of sp³-hybridized carbons (Fsp3) is 0.131. The number of para-hydroxylation sites is 1. The van der Waals surface area contributed by atoms with E-state index in [1.54, 1.807) is 0 Å². The first-order chi connectivity index (χ1) is 31.7. The van der Waals surface area contributed by atoms with Crippen LogP contribution in [0.25, 0.3) is 105 Å². The van der Waals surface area contributed by atoms with E-state index in [1.807, 2.05) is 18.2 Å². The summed E-state index contributed by atoms with van der Waals surface area (Å²) in [5, 5.41) is 7.33. The van der Waals surface area contributed by atoms with Crippen molar-refractivity contribution in [1.29, 1.82) is 0 Å². The highest BCUT2D eigenvalue weighted by atomic mass is 15.0. The second-order valence-electron chi connectivity index (χ2n) is 19.1. The van der Waals surface area contributed by atoms with Crippen LogP contribution in [0.2, 0.25) is 0 Å². The average Bonchev–Trinajstić information content (AvgIpc) is 3.68. The Kier molecular flexibility index (Phi) is 8.96. The lowest BCUT2D eigenvalue weighted by Crippen LogP contribution is -2.33. The standard InChI is InChI=1S/C61H48N4/c1-60(2)32-33-61(3,4)53-38-55-51(37-52(53)60)50-24-11-12-27-54(50)65(55)47-31-30-42-34-46(29-28-43(42)36-47)59-63-57(41-18-9-6-10-19-41)62-58(64-59)45-23-13-22-44(35-45)49-26-15-21-40-20-14-25-48(56(40)49)39-16-7-5-8-17-39/h5-31,34-38H,32-33H2,1-4H3. The van der Waals surface area contributed by atoms with Gasteiger partial charge in [-0.15, -0.1) is 0 Å². The summed E-state index contributed by atoms with van der Waals surface area (Å²) < 4.78 is 2.47. The van der Waals surface area contributed by atoms with E-state index in [0.717, 1.165) is 38.7 Å². The van der Waals surface area contributed by atoms with Crippen molar-refractivity contribution in [3.05, 3.63) is 205 Å². The van der Waals surface area contributed by atoms with E-state index in [4.69, 9.17) is 15.0 Å². The third-order valence-corrected chi connectivity index (χ3v) is 14.1. The molecule has 9 aromatic carbocycles. The Labute approximate surface area is 379 Å². The van der Waals surface area contributed by atoms with Crippen LogP contribution in [0.1, 0.15) is 51.7 Å². The van der Waals surface area contributed by atoms with Gasteiger partial charge in [0.05, 0.1) is 11.0 Å². The largest absolute Gasteiger partial charge is 0.309 e. The van der Waals surface area contributed by atoms with Crippen LogP contribution in [-0.2, 0) is 10.8 Å². The molecule has 0 amide bonds. The maximum Gasteiger partial charge on any atom is 0.164 e. The van der Waals surface area contributed by atoms with Crippen molar-refractivity contribution in [3.63, 3.8) is 0 Å². The molecule has 0 spiro atoms. The van der Waals surface area contributed by atoms with Gasteiger partial charge >= 0.3 is 0 Å². The molecule has 0 N–H and O–H groups in total. The lowest BCUT2D eigenvalue weighted by molar-refractivity contribution is 0.332. The molecule has 0 bridgehead atoms. The zero-order valence-electron chi connectivity index (χ0n) is 37.2. The molecular formula is C61H48N4. The first kappa shape index (κ1) is 38.9. The zero-order chi connectivity index (χ0) is 43.9. The van der Waals surface area contributed by atoms with Crippen LogP contribution in [0.5, 0.6) is 0 Å². The summed E-state index contributed by atoms with van der Waals surface area (Å²) in [6.07, 6.45) is 2.37. The summed E-state index contributed by atoms with van der Waals surface area (Å²) in [7, 11) is 0. The normalized spacial score (nSPS) is 14.3. The Morgan fingerprint density at radius 2 is 0.908 bits per heavy atom. The van der Waals surface area contributed by atoms with Crippen LogP contribution in [0.4, 0.5) is 0 Å². The third-order valence-electron chi connectivity index (χ3n) is 14.1. The number of hydrogen-bond donors (Lipinski definition) is 0. The molecule has 2 aromatic heterocycles. The summed E-state index contributed by atoms with van der Waals surface area (Å²) in [5.74, 6) is 1.91. The number of rotatable bonds is 6. The summed E-state index contributed by atoms with van der Waals surface area (Å²) in [4.78, 5) is 15.5. The van der Waals surface area contributed by atoms with Gasteiger partial charge in [-0.25, -0.2) is 15.0 Å². The highest BCUT2D eigenvalue weighted by Gasteiger charge is 2.38. The third kappa shape index (κ3) is 6.63. The van der Waals surface area contributed by atoms with Crippen LogP contribution in [-0.4, -0.2) is 19.5 Å². The van der Waals surface area contributed by atoms with Crippen molar-refractivity contribution in [2.24, 2.45) is 0 Å². The molecule has 1 aliphatic carbocycles. The molecule has 312 valence electrons. The van der Waals surface area contributed by atoms with Crippen molar-refractivity contribution < 1.29 is 0 Å². The Hall–Kier alpha value is -7.69. The Morgan fingerprint density at radius 1 is 0.369 bits per heavy atom. The molecule has 4 nitrogen and oxygen atoms in total. The molecule has 65 heavy (non-hydrogen) atoms. The summed E-state index contributed by atoms with van der Waals surface area (Å²) in [6.45, 7) is 9.65. The molecule has 4 heteroatoms. The Balaban J connectivity index is 0.969. The van der Waals surface area contributed by atoms with Gasteiger partial charge in [-0.1, -0.05) is 179 Å². The van der Waals surface area contributed by atoms with Gasteiger partial charge in [0.2, 0.25) is 0 Å². The van der Waals surface area contributed by atoms with Crippen LogP contribution in [0, 0.1) is 0 Å². The van der Waals surface area contributed by atoms with Crippen LogP contribution in [0.15, 0.2) is 194 Å². The summed E-state index contributed by atoms with van der Waals surface area (Å²) >= 11 is 0. The van der Waals surface area contributed by atoms with E-state index < -0.39 is 0 Å². The van der Waals surface area contributed by atoms with Crippen LogP contribution < -0.4 is 0 Å². The number of nitrogens with zero attached hydrogens (tertiary/aromatic N) is 4. The van der Waals surface area contributed by atoms with Gasteiger partial charge in [0.15, 0.2) is 17.5 Å². The molecule has 1 aliphatic rings. The van der Waals surface area contributed by atoms with E-state index in [0.29, 0.717) is 17.5 Å². The minimum Gasteiger partial charge on any atom is -0.309 e. The SMILES string of the molecule is CC1(C)CCC(C)(C)c2cc3c(cc21)c1ccccc1n3-c1ccc2cc(-c3nc(-c4ccccc4)nc(-c4cccc(-c5cccc6cccc(-c7ccccc7)c56)c4)n3)ccc2c1. The monoisotopic (exact) mass is 836 g/mol. The predicted octanol–water partition coefficient (Wildman–Crippen LogP) is 16.0. The fourth-order valence-corrected chi connectivity index (χ4v) is 10.4. The van der Waals surface area contributed by atoms with Gasteiger partial charge in [0.25, 0.3) is 0 Å². The minimum absolute atomic E-state index is 0.113. The highest BCUT2D eigenvalue weighted by molar-refractivity contribution is 6.10. The smallest absolute Gasteiger partial charge is 0.164 e. The van der Waals surface area contributed by atoms with Gasteiger partial charge in [-0.2, -0.15) is 0 Å². The fourth-order valence-electron chi connectivity index (χ4n) is 10.4. The quantitative estimate of drug-likeness (QED) is 0.168. The zero-order valence-corrected chi connectivity index (χ0v) is 37.2. The first-order valence-electron chi connectivity index (χ1n) is 22.8. The molecule has 0 unspecified atom stereocenters. The van der Waals surface area contributed by atoms with Gasteiger partial charge in [0.1, 0.15) is 0 Å². The van der Waals surface area contributed by atoms with Crippen LogP contribution in [0.3, 0.4) is 0 Å².